The third-order valence-electron chi connectivity index (χ3n) is 3.76. The molecular weight excluding hydrogens is 249 g/mol. The SMILES string of the molecule is CCNCC(C)(Cc1ccc(Cl)c(F)c1)C(C)C. The molecule has 1 unspecified atom stereocenters. The van der Waals surface area contributed by atoms with E-state index in [1.54, 1.807) is 12.1 Å². The summed E-state index contributed by atoms with van der Waals surface area (Å²) < 4.78 is 13.5. The first-order valence-electron chi connectivity index (χ1n) is 6.53. The van der Waals surface area contributed by atoms with Crippen molar-refractivity contribution in [3.8, 4) is 0 Å². The average molecular weight is 272 g/mol. The van der Waals surface area contributed by atoms with Crippen molar-refractivity contribution in [2.45, 2.75) is 34.1 Å². The van der Waals surface area contributed by atoms with Crippen LogP contribution < -0.4 is 5.32 Å². The van der Waals surface area contributed by atoms with E-state index in [4.69, 9.17) is 11.6 Å². The lowest BCUT2D eigenvalue weighted by Crippen LogP contribution is -2.37. The first-order valence-corrected chi connectivity index (χ1v) is 6.91. The summed E-state index contributed by atoms with van der Waals surface area (Å²) in [6.07, 6.45) is 0.853. The van der Waals surface area contributed by atoms with Gasteiger partial charge in [-0.1, -0.05) is 45.4 Å². The summed E-state index contributed by atoms with van der Waals surface area (Å²) >= 11 is 5.71. The van der Waals surface area contributed by atoms with E-state index >= 15 is 0 Å². The van der Waals surface area contributed by atoms with Gasteiger partial charge in [-0.25, -0.2) is 4.39 Å². The number of benzene rings is 1. The maximum Gasteiger partial charge on any atom is 0.142 e. The van der Waals surface area contributed by atoms with E-state index in [2.05, 4.69) is 33.0 Å². The molecule has 1 aromatic carbocycles. The van der Waals surface area contributed by atoms with E-state index in [-0.39, 0.29) is 16.3 Å². The van der Waals surface area contributed by atoms with Crippen molar-refractivity contribution < 1.29 is 4.39 Å². The summed E-state index contributed by atoms with van der Waals surface area (Å²) in [4.78, 5) is 0. The van der Waals surface area contributed by atoms with Crippen LogP contribution in [0, 0.1) is 17.2 Å². The van der Waals surface area contributed by atoms with E-state index in [0.29, 0.717) is 5.92 Å². The van der Waals surface area contributed by atoms with Gasteiger partial charge in [0.2, 0.25) is 0 Å². The van der Waals surface area contributed by atoms with Crippen LogP contribution in [0.4, 0.5) is 4.39 Å². The van der Waals surface area contributed by atoms with Gasteiger partial charge in [0, 0.05) is 6.54 Å². The first-order chi connectivity index (χ1) is 8.39. The number of halogens is 2. The van der Waals surface area contributed by atoms with Crippen LogP contribution >= 0.6 is 11.6 Å². The minimum Gasteiger partial charge on any atom is -0.316 e. The highest BCUT2D eigenvalue weighted by Gasteiger charge is 2.28. The smallest absolute Gasteiger partial charge is 0.142 e. The molecule has 3 heteroatoms. The number of hydrogen-bond donors (Lipinski definition) is 1. The third-order valence-corrected chi connectivity index (χ3v) is 4.07. The van der Waals surface area contributed by atoms with E-state index in [9.17, 15) is 4.39 Å². The normalized spacial score (nSPS) is 14.8. The first kappa shape index (κ1) is 15.5. The van der Waals surface area contributed by atoms with Gasteiger partial charge >= 0.3 is 0 Å². The van der Waals surface area contributed by atoms with Gasteiger partial charge < -0.3 is 5.32 Å². The third kappa shape index (κ3) is 3.96. The molecule has 0 radical (unpaired) electrons. The highest BCUT2D eigenvalue weighted by atomic mass is 35.5. The fourth-order valence-electron chi connectivity index (χ4n) is 2.00. The Morgan fingerprint density at radius 3 is 2.56 bits per heavy atom. The van der Waals surface area contributed by atoms with E-state index in [0.717, 1.165) is 25.1 Å². The van der Waals surface area contributed by atoms with Gasteiger partial charge in [0.1, 0.15) is 5.82 Å². The molecule has 1 atom stereocenters. The Morgan fingerprint density at radius 1 is 1.39 bits per heavy atom. The Balaban J connectivity index is 2.85. The van der Waals surface area contributed by atoms with Crippen LogP contribution in [0.3, 0.4) is 0 Å². The lowest BCUT2D eigenvalue weighted by atomic mass is 9.74. The van der Waals surface area contributed by atoms with Gasteiger partial charge in [0.25, 0.3) is 0 Å². The molecule has 0 aromatic heterocycles. The largest absolute Gasteiger partial charge is 0.316 e. The quantitative estimate of drug-likeness (QED) is 0.814. The van der Waals surface area contributed by atoms with Crippen molar-refractivity contribution in [2.75, 3.05) is 13.1 Å². The minimum absolute atomic E-state index is 0.121. The molecule has 0 amide bonds. The van der Waals surface area contributed by atoms with Crippen LogP contribution in [0.2, 0.25) is 5.02 Å². The van der Waals surface area contributed by atoms with Gasteiger partial charge in [0.05, 0.1) is 5.02 Å². The lowest BCUT2D eigenvalue weighted by Gasteiger charge is -2.34. The van der Waals surface area contributed by atoms with Crippen molar-refractivity contribution in [2.24, 2.45) is 11.3 Å². The second-order valence-electron chi connectivity index (χ2n) is 5.51. The Morgan fingerprint density at radius 2 is 2.06 bits per heavy atom. The predicted molar refractivity (Wildman–Crippen MR) is 76.6 cm³/mol. The molecule has 0 fully saturated rings. The molecule has 0 heterocycles. The molecule has 0 saturated carbocycles. The molecule has 102 valence electrons. The number of rotatable bonds is 6. The summed E-state index contributed by atoms with van der Waals surface area (Å²) in [6, 6.07) is 5.10. The van der Waals surface area contributed by atoms with Crippen molar-refractivity contribution in [3.63, 3.8) is 0 Å². The molecule has 0 bridgehead atoms. The monoisotopic (exact) mass is 271 g/mol. The number of nitrogens with one attached hydrogen (secondary N) is 1. The molecule has 18 heavy (non-hydrogen) atoms. The fraction of sp³-hybridized carbons (Fsp3) is 0.600. The zero-order valence-electron chi connectivity index (χ0n) is 11.7. The fourth-order valence-corrected chi connectivity index (χ4v) is 2.11. The highest BCUT2D eigenvalue weighted by molar-refractivity contribution is 6.30. The second kappa shape index (κ2) is 6.53. The maximum absolute atomic E-state index is 13.5. The topological polar surface area (TPSA) is 12.0 Å². The molecule has 1 aromatic rings. The lowest BCUT2D eigenvalue weighted by molar-refractivity contribution is 0.208. The Hall–Kier alpha value is -0.600. The summed E-state index contributed by atoms with van der Waals surface area (Å²) in [6.45, 7) is 10.7. The van der Waals surface area contributed by atoms with Crippen LogP contribution in [0.25, 0.3) is 0 Å². The zero-order valence-corrected chi connectivity index (χ0v) is 12.4. The molecule has 0 aliphatic heterocycles. The van der Waals surface area contributed by atoms with Gasteiger partial charge in [-0.3, -0.25) is 0 Å². The predicted octanol–water partition coefficient (Wildman–Crippen LogP) is 4.29. The molecule has 0 aliphatic carbocycles. The van der Waals surface area contributed by atoms with Gasteiger partial charge in [-0.05, 0) is 42.0 Å². The Bertz CT molecular complexity index is 392. The summed E-state index contributed by atoms with van der Waals surface area (Å²) in [7, 11) is 0. The highest BCUT2D eigenvalue weighted by Crippen LogP contribution is 2.31. The average Bonchev–Trinajstić information content (AvgIpc) is 2.31. The summed E-state index contributed by atoms with van der Waals surface area (Å²) in [5.74, 6) is 0.194. The Labute approximate surface area is 115 Å². The zero-order chi connectivity index (χ0) is 13.8. The van der Waals surface area contributed by atoms with Crippen molar-refractivity contribution in [1.82, 2.24) is 5.32 Å². The van der Waals surface area contributed by atoms with Crippen LogP contribution in [0.5, 0.6) is 0 Å². The summed E-state index contributed by atoms with van der Waals surface area (Å²) in [5, 5.41) is 3.59. The molecule has 0 spiro atoms. The van der Waals surface area contributed by atoms with Crippen LogP contribution in [0.15, 0.2) is 18.2 Å². The molecule has 1 rings (SSSR count). The maximum atomic E-state index is 13.5. The molecule has 1 nitrogen and oxygen atoms in total. The standard InChI is InChI=1S/C15H23ClFN/c1-5-18-10-15(4,11(2)3)9-12-6-7-13(16)14(17)8-12/h6-8,11,18H,5,9-10H2,1-4H3. The molecule has 0 aliphatic rings. The van der Waals surface area contributed by atoms with E-state index in [1.165, 1.54) is 0 Å². The minimum atomic E-state index is -0.330. The van der Waals surface area contributed by atoms with E-state index in [1.807, 2.05) is 6.07 Å². The number of hydrogen-bond acceptors (Lipinski definition) is 1. The molecular formula is C15H23ClFN. The summed E-state index contributed by atoms with van der Waals surface area (Å²) in [5.41, 5.74) is 1.13. The van der Waals surface area contributed by atoms with Crippen LogP contribution in [-0.4, -0.2) is 13.1 Å². The van der Waals surface area contributed by atoms with Crippen molar-refractivity contribution in [3.05, 3.63) is 34.6 Å². The molecule has 1 N–H and O–H groups in total. The van der Waals surface area contributed by atoms with Gasteiger partial charge in [0.15, 0.2) is 0 Å². The van der Waals surface area contributed by atoms with Crippen LogP contribution in [-0.2, 0) is 6.42 Å². The van der Waals surface area contributed by atoms with E-state index < -0.39 is 0 Å². The second-order valence-corrected chi connectivity index (χ2v) is 5.92. The van der Waals surface area contributed by atoms with Gasteiger partial charge in [-0.15, -0.1) is 0 Å². The molecule has 0 saturated heterocycles. The Kier molecular flexibility index (Phi) is 5.61. The van der Waals surface area contributed by atoms with Crippen LogP contribution in [0.1, 0.15) is 33.3 Å². The van der Waals surface area contributed by atoms with Gasteiger partial charge in [-0.2, -0.15) is 0 Å². The van der Waals surface area contributed by atoms with Crippen molar-refractivity contribution >= 4 is 11.6 Å². The van der Waals surface area contributed by atoms with Crippen molar-refractivity contribution in [1.29, 1.82) is 0 Å².